The summed E-state index contributed by atoms with van der Waals surface area (Å²) in [6.45, 7) is 2.13. The lowest BCUT2D eigenvalue weighted by atomic mass is 9.96. The van der Waals surface area contributed by atoms with Gasteiger partial charge in [0.25, 0.3) is 5.91 Å². The number of nitrogens with one attached hydrogen (secondary N) is 2. The van der Waals surface area contributed by atoms with Crippen molar-refractivity contribution in [1.82, 2.24) is 15.2 Å². The van der Waals surface area contributed by atoms with Crippen molar-refractivity contribution in [3.63, 3.8) is 0 Å². The number of benzene rings is 1. The number of piperidine rings is 1. The van der Waals surface area contributed by atoms with Crippen LogP contribution in [-0.4, -0.2) is 53.9 Å². The van der Waals surface area contributed by atoms with E-state index in [9.17, 15) is 14.4 Å². The number of aromatic nitrogens is 1. The van der Waals surface area contributed by atoms with Crippen LogP contribution in [0.3, 0.4) is 0 Å². The lowest BCUT2D eigenvalue weighted by Crippen LogP contribution is -2.43. The molecule has 3 heterocycles. The third kappa shape index (κ3) is 4.46. The molecule has 0 spiro atoms. The van der Waals surface area contributed by atoms with Gasteiger partial charge in [0.2, 0.25) is 5.91 Å². The molecule has 30 heavy (non-hydrogen) atoms. The normalized spacial score (nSPS) is 18.8. The minimum absolute atomic E-state index is 0.129. The topological polar surface area (TPSA) is 94.6 Å². The summed E-state index contributed by atoms with van der Waals surface area (Å²) in [5, 5.41) is 5.59. The first-order valence-electron chi connectivity index (χ1n) is 9.88. The van der Waals surface area contributed by atoms with Crippen LogP contribution in [-0.2, 0) is 4.79 Å². The Labute approximate surface area is 182 Å². The van der Waals surface area contributed by atoms with Crippen LogP contribution in [0.15, 0.2) is 47.1 Å². The lowest BCUT2D eigenvalue weighted by molar-refractivity contribution is -0.121. The molecule has 1 atom stereocenters. The quantitative estimate of drug-likeness (QED) is 0.716. The molecule has 0 unspecified atom stereocenters. The van der Waals surface area contributed by atoms with Gasteiger partial charge < -0.3 is 15.5 Å². The number of anilines is 2. The Kier molecular flexibility index (Phi) is 5.98. The molecule has 0 aliphatic carbocycles. The van der Waals surface area contributed by atoms with Gasteiger partial charge in [0.05, 0.1) is 5.92 Å². The monoisotopic (exact) mass is 471 g/mol. The van der Waals surface area contributed by atoms with Crippen LogP contribution in [0.2, 0.25) is 0 Å². The number of hydrogen-bond donors (Lipinski definition) is 2. The molecular weight excluding hydrogens is 450 g/mol. The molecule has 156 valence electrons. The zero-order valence-corrected chi connectivity index (χ0v) is 17.9. The molecular formula is C21H22BrN5O3. The number of amides is 4. The maximum Gasteiger partial charge on any atom is 0.321 e. The van der Waals surface area contributed by atoms with Crippen molar-refractivity contribution in [2.45, 2.75) is 12.8 Å². The smallest absolute Gasteiger partial charge is 0.321 e. The van der Waals surface area contributed by atoms with Crippen molar-refractivity contribution in [2.75, 3.05) is 36.4 Å². The Morgan fingerprint density at radius 1 is 1.20 bits per heavy atom. The van der Waals surface area contributed by atoms with Crippen LogP contribution in [0.4, 0.5) is 16.3 Å². The van der Waals surface area contributed by atoms with Crippen molar-refractivity contribution in [3.05, 3.63) is 52.6 Å². The van der Waals surface area contributed by atoms with Gasteiger partial charge in [-0.2, -0.15) is 0 Å². The average Bonchev–Trinajstić information content (AvgIpc) is 3.21. The van der Waals surface area contributed by atoms with Crippen LogP contribution < -0.4 is 15.5 Å². The number of urea groups is 1. The Morgan fingerprint density at radius 3 is 2.80 bits per heavy atom. The van der Waals surface area contributed by atoms with E-state index in [-0.39, 0.29) is 23.8 Å². The number of carbonyl (C=O) groups is 3. The van der Waals surface area contributed by atoms with E-state index in [2.05, 4.69) is 31.5 Å². The van der Waals surface area contributed by atoms with Gasteiger partial charge in [-0.25, -0.2) is 9.78 Å². The van der Waals surface area contributed by atoms with E-state index in [1.54, 1.807) is 40.3 Å². The predicted molar refractivity (Wildman–Crippen MR) is 116 cm³/mol. The van der Waals surface area contributed by atoms with E-state index in [0.29, 0.717) is 43.2 Å². The summed E-state index contributed by atoms with van der Waals surface area (Å²) in [6.07, 6.45) is 3.10. The molecule has 0 saturated carbocycles. The number of likely N-dealkylation sites (tertiary alicyclic amines) is 1. The van der Waals surface area contributed by atoms with E-state index in [0.717, 1.165) is 17.3 Å². The first kappa shape index (κ1) is 20.3. The third-order valence-corrected chi connectivity index (χ3v) is 5.79. The van der Waals surface area contributed by atoms with Crippen LogP contribution in [0.5, 0.6) is 0 Å². The highest BCUT2D eigenvalue weighted by atomic mass is 79.9. The summed E-state index contributed by atoms with van der Waals surface area (Å²) in [5.41, 5.74) is 1.21. The maximum absolute atomic E-state index is 13.1. The van der Waals surface area contributed by atoms with Gasteiger partial charge in [0, 0.05) is 48.1 Å². The van der Waals surface area contributed by atoms with Crippen molar-refractivity contribution < 1.29 is 14.4 Å². The Hall–Kier alpha value is -2.94. The lowest BCUT2D eigenvalue weighted by Gasteiger charge is -2.32. The molecule has 1 aromatic heterocycles. The van der Waals surface area contributed by atoms with E-state index < -0.39 is 0 Å². The largest absolute Gasteiger partial charge is 0.338 e. The summed E-state index contributed by atoms with van der Waals surface area (Å²) in [4.78, 5) is 45.2. The SMILES string of the molecule is O=C(Nc1ccc(Br)cn1)[C@@H]1CCCN(C(=O)c2cccc(N3CCNC3=O)c2)C1. The summed E-state index contributed by atoms with van der Waals surface area (Å²) in [7, 11) is 0. The third-order valence-electron chi connectivity index (χ3n) is 5.32. The second kappa shape index (κ2) is 8.83. The summed E-state index contributed by atoms with van der Waals surface area (Å²) in [6, 6.07) is 10.5. The first-order chi connectivity index (χ1) is 14.5. The fourth-order valence-corrected chi connectivity index (χ4v) is 4.00. The minimum Gasteiger partial charge on any atom is -0.338 e. The molecule has 1 aromatic carbocycles. The zero-order chi connectivity index (χ0) is 21.1. The Balaban J connectivity index is 1.42. The predicted octanol–water partition coefficient (Wildman–Crippen LogP) is 2.86. The second-order valence-electron chi connectivity index (χ2n) is 7.38. The summed E-state index contributed by atoms with van der Waals surface area (Å²) >= 11 is 3.32. The van der Waals surface area contributed by atoms with Gasteiger partial charge in [-0.1, -0.05) is 6.07 Å². The number of halogens is 1. The number of carbonyl (C=O) groups excluding carboxylic acids is 3. The number of pyridine rings is 1. The molecule has 2 fully saturated rings. The number of hydrogen-bond acceptors (Lipinski definition) is 4. The molecule has 2 saturated heterocycles. The molecule has 8 nitrogen and oxygen atoms in total. The summed E-state index contributed by atoms with van der Waals surface area (Å²) < 4.78 is 0.837. The minimum atomic E-state index is -0.291. The van der Waals surface area contributed by atoms with Crippen LogP contribution in [0.1, 0.15) is 23.2 Å². The number of rotatable bonds is 4. The van der Waals surface area contributed by atoms with Gasteiger partial charge in [-0.3, -0.25) is 14.5 Å². The molecule has 2 N–H and O–H groups in total. The maximum atomic E-state index is 13.1. The zero-order valence-electron chi connectivity index (χ0n) is 16.3. The van der Waals surface area contributed by atoms with Crippen LogP contribution in [0.25, 0.3) is 0 Å². The fourth-order valence-electron chi connectivity index (χ4n) is 3.76. The molecule has 4 amide bonds. The molecule has 4 rings (SSSR count). The van der Waals surface area contributed by atoms with E-state index >= 15 is 0 Å². The van der Waals surface area contributed by atoms with E-state index in [1.165, 1.54) is 0 Å². The van der Waals surface area contributed by atoms with Crippen LogP contribution in [0, 0.1) is 5.92 Å². The number of nitrogens with zero attached hydrogens (tertiary/aromatic N) is 3. The molecule has 2 aliphatic rings. The second-order valence-corrected chi connectivity index (χ2v) is 8.29. The molecule has 2 aliphatic heterocycles. The Bertz CT molecular complexity index is 965. The highest BCUT2D eigenvalue weighted by Crippen LogP contribution is 2.23. The van der Waals surface area contributed by atoms with Crippen LogP contribution >= 0.6 is 15.9 Å². The van der Waals surface area contributed by atoms with E-state index in [4.69, 9.17) is 0 Å². The van der Waals surface area contributed by atoms with Crippen molar-refractivity contribution in [1.29, 1.82) is 0 Å². The molecule has 0 bridgehead atoms. The van der Waals surface area contributed by atoms with E-state index in [1.807, 2.05) is 12.1 Å². The van der Waals surface area contributed by atoms with Gasteiger partial charge in [0.15, 0.2) is 0 Å². The molecule has 0 radical (unpaired) electrons. The van der Waals surface area contributed by atoms with Gasteiger partial charge in [-0.05, 0) is 59.1 Å². The standard InChI is InChI=1S/C21H22BrN5O3/c22-16-6-7-18(24-12-16)25-19(28)15-4-2-9-26(13-15)20(29)14-3-1-5-17(11-14)27-10-8-23-21(27)30/h1,3,5-7,11-12,15H,2,4,8-10,13H2,(H,23,30)(H,24,25,28)/t15-/m1/s1. The average molecular weight is 472 g/mol. The van der Waals surface area contributed by atoms with Gasteiger partial charge in [-0.15, -0.1) is 0 Å². The summed E-state index contributed by atoms with van der Waals surface area (Å²) in [5.74, 6) is -0.0653. The fraction of sp³-hybridized carbons (Fsp3) is 0.333. The highest BCUT2D eigenvalue weighted by Gasteiger charge is 2.30. The molecule has 9 heteroatoms. The van der Waals surface area contributed by atoms with Crippen molar-refractivity contribution in [2.24, 2.45) is 5.92 Å². The van der Waals surface area contributed by atoms with Crippen molar-refractivity contribution >= 4 is 45.3 Å². The Morgan fingerprint density at radius 2 is 2.07 bits per heavy atom. The van der Waals surface area contributed by atoms with Gasteiger partial charge >= 0.3 is 6.03 Å². The van der Waals surface area contributed by atoms with Crippen molar-refractivity contribution in [3.8, 4) is 0 Å². The van der Waals surface area contributed by atoms with Gasteiger partial charge in [0.1, 0.15) is 5.82 Å². The highest BCUT2D eigenvalue weighted by molar-refractivity contribution is 9.10. The molecule has 2 aromatic rings. The first-order valence-corrected chi connectivity index (χ1v) is 10.7.